The van der Waals surface area contributed by atoms with Gasteiger partial charge in [-0.1, -0.05) is 32.9 Å². The molecule has 0 saturated carbocycles. The fourth-order valence-corrected chi connectivity index (χ4v) is 2.80. The second kappa shape index (κ2) is 7.20. The van der Waals surface area contributed by atoms with Crippen molar-refractivity contribution in [3.63, 3.8) is 0 Å². The second-order valence-corrected chi connectivity index (χ2v) is 7.54. The largest absolute Gasteiger partial charge is 0.322 e. The molecule has 0 unspecified atom stereocenters. The van der Waals surface area contributed by atoms with Crippen LogP contribution in [0.25, 0.3) is 12.2 Å². The van der Waals surface area contributed by atoms with Crippen molar-refractivity contribution < 1.29 is 4.79 Å². The number of amides is 1. The molecule has 0 aliphatic heterocycles. The molecule has 1 aliphatic carbocycles. The van der Waals surface area contributed by atoms with Crippen LogP contribution < -0.4 is 16.1 Å². The molecule has 2 heterocycles. The van der Waals surface area contributed by atoms with Crippen molar-refractivity contribution in [1.82, 2.24) is 9.97 Å². The van der Waals surface area contributed by atoms with E-state index in [9.17, 15) is 9.59 Å². The molecule has 2 aromatic heterocycles. The molecule has 0 radical (unpaired) electrons. The summed E-state index contributed by atoms with van der Waals surface area (Å²) in [6, 6.07) is 7.31. The number of aryl methyl sites for hydroxylation is 1. The van der Waals surface area contributed by atoms with Crippen LogP contribution in [0.4, 0.5) is 0 Å². The zero-order valence-corrected chi connectivity index (χ0v) is 15.4. The first-order valence-corrected chi connectivity index (χ1v) is 8.78. The van der Waals surface area contributed by atoms with Gasteiger partial charge in [0.05, 0.1) is 5.71 Å². The number of hydrogen-bond donors (Lipinski definition) is 1. The van der Waals surface area contributed by atoms with E-state index < -0.39 is 0 Å². The van der Waals surface area contributed by atoms with E-state index in [2.05, 4.69) is 35.7 Å². The molecule has 1 N–H and O–H groups in total. The van der Waals surface area contributed by atoms with Crippen molar-refractivity contribution in [1.29, 1.82) is 0 Å². The molecule has 0 atom stereocenters. The lowest BCUT2D eigenvalue weighted by molar-refractivity contribution is -0.117. The van der Waals surface area contributed by atoms with E-state index in [1.807, 2.05) is 24.4 Å². The van der Waals surface area contributed by atoms with Crippen LogP contribution in [0.3, 0.4) is 0 Å². The van der Waals surface area contributed by atoms with E-state index in [0.29, 0.717) is 30.3 Å². The highest BCUT2D eigenvalue weighted by Crippen LogP contribution is 2.19. The van der Waals surface area contributed by atoms with Crippen LogP contribution in [0.2, 0.25) is 0 Å². The first-order chi connectivity index (χ1) is 12.3. The van der Waals surface area contributed by atoms with Gasteiger partial charge in [0.1, 0.15) is 0 Å². The van der Waals surface area contributed by atoms with Crippen molar-refractivity contribution >= 4 is 23.8 Å². The molecule has 0 spiro atoms. The molecular formula is C21H23N3O2. The van der Waals surface area contributed by atoms with Crippen LogP contribution in [0.15, 0.2) is 40.2 Å². The number of hydrogen-bond acceptors (Lipinski definition) is 3. The fourth-order valence-electron chi connectivity index (χ4n) is 2.80. The maximum Gasteiger partial charge on any atom is 0.248 e. The van der Waals surface area contributed by atoms with Gasteiger partial charge in [0.15, 0.2) is 0 Å². The summed E-state index contributed by atoms with van der Waals surface area (Å²) in [6.07, 6.45) is 7.12. The lowest BCUT2D eigenvalue weighted by Crippen LogP contribution is -2.36. The quantitative estimate of drug-likeness (QED) is 0.915. The maximum absolute atomic E-state index is 12.2. The van der Waals surface area contributed by atoms with Crippen LogP contribution in [0, 0.1) is 0 Å². The Bertz CT molecular complexity index is 1020. The summed E-state index contributed by atoms with van der Waals surface area (Å²) in [5.74, 6) is -0.161. The van der Waals surface area contributed by atoms with Gasteiger partial charge in [0.25, 0.3) is 0 Å². The van der Waals surface area contributed by atoms with E-state index >= 15 is 0 Å². The zero-order valence-electron chi connectivity index (χ0n) is 15.4. The lowest BCUT2D eigenvalue weighted by atomic mass is 9.91. The fraction of sp³-hybridized carbons (Fsp3) is 0.333. The predicted octanol–water partition coefficient (Wildman–Crippen LogP) is 1.63. The second-order valence-electron chi connectivity index (χ2n) is 7.54. The SMILES string of the molecule is CC(C)(C)c1ccc(CCC(=O)N=C2C=c3[nH]c(=O)ccc3=CC2)cn1. The van der Waals surface area contributed by atoms with Crippen molar-refractivity contribution in [2.75, 3.05) is 0 Å². The summed E-state index contributed by atoms with van der Waals surface area (Å²) in [5, 5.41) is 1.67. The van der Waals surface area contributed by atoms with Crippen molar-refractivity contribution in [2.45, 2.75) is 45.4 Å². The van der Waals surface area contributed by atoms with Gasteiger partial charge >= 0.3 is 0 Å². The Labute approximate surface area is 152 Å². The molecule has 3 rings (SSSR count). The van der Waals surface area contributed by atoms with Gasteiger partial charge < -0.3 is 4.98 Å². The van der Waals surface area contributed by atoms with E-state index in [4.69, 9.17) is 0 Å². The molecule has 134 valence electrons. The number of nitrogens with one attached hydrogen (secondary N) is 1. The van der Waals surface area contributed by atoms with Gasteiger partial charge in [-0.05, 0) is 35.4 Å². The number of aliphatic imine (C=N–C) groups is 1. The molecule has 0 saturated heterocycles. The number of rotatable bonds is 3. The van der Waals surface area contributed by atoms with E-state index in [-0.39, 0.29) is 16.9 Å². The highest BCUT2D eigenvalue weighted by molar-refractivity contribution is 6.16. The molecule has 0 aromatic carbocycles. The predicted molar refractivity (Wildman–Crippen MR) is 104 cm³/mol. The minimum Gasteiger partial charge on any atom is -0.322 e. The third kappa shape index (κ3) is 4.42. The van der Waals surface area contributed by atoms with Crippen molar-refractivity contribution in [3.8, 4) is 0 Å². The number of carbonyl (C=O) groups is 1. The van der Waals surface area contributed by atoms with Crippen LogP contribution in [0.5, 0.6) is 0 Å². The number of aromatic nitrogens is 2. The summed E-state index contributed by atoms with van der Waals surface area (Å²) in [6.45, 7) is 6.37. The summed E-state index contributed by atoms with van der Waals surface area (Å²) < 4.78 is 0. The van der Waals surface area contributed by atoms with Gasteiger partial charge in [-0.2, -0.15) is 0 Å². The van der Waals surface area contributed by atoms with Gasteiger partial charge in [-0.25, -0.2) is 4.99 Å². The number of H-pyrrole nitrogens is 1. The first-order valence-electron chi connectivity index (χ1n) is 8.78. The highest BCUT2D eigenvalue weighted by Gasteiger charge is 2.14. The summed E-state index contributed by atoms with van der Waals surface area (Å²) in [7, 11) is 0. The Morgan fingerprint density at radius 2 is 2.04 bits per heavy atom. The Morgan fingerprint density at radius 1 is 1.23 bits per heavy atom. The average Bonchev–Trinajstić information content (AvgIpc) is 2.59. The molecule has 26 heavy (non-hydrogen) atoms. The molecule has 1 aliphatic rings. The number of carbonyl (C=O) groups excluding carboxylic acids is 1. The third-order valence-electron chi connectivity index (χ3n) is 4.31. The van der Waals surface area contributed by atoms with Gasteiger partial charge in [0.2, 0.25) is 11.5 Å². The molecule has 1 amide bonds. The topological polar surface area (TPSA) is 75.2 Å². The number of pyridine rings is 2. The van der Waals surface area contributed by atoms with Gasteiger partial charge in [-0.3, -0.25) is 14.6 Å². The molecule has 2 aromatic rings. The van der Waals surface area contributed by atoms with Crippen LogP contribution >= 0.6 is 0 Å². The third-order valence-corrected chi connectivity index (χ3v) is 4.31. The number of nitrogens with zero attached hydrogens (tertiary/aromatic N) is 2. The number of fused-ring (bicyclic) bond motifs is 1. The van der Waals surface area contributed by atoms with Gasteiger partial charge in [0, 0.05) is 41.6 Å². The zero-order chi connectivity index (χ0) is 18.7. The lowest BCUT2D eigenvalue weighted by Gasteiger charge is -2.17. The summed E-state index contributed by atoms with van der Waals surface area (Å²) in [5.41, 5.74) is 2.59. The Hall–Kier alpha value is -2.82. The van der Waals surface area contributed by atoms with Crippen LogP contribution in [-0.4, -0.2) is 21.6 Å². The van der Waals surface area contributed by atoms with Gasteiger partial charge in [-0.15, -0.1) is 0 Å². The molecule has 0 fully saturated rings. The maximum atomic E-state index is 12.2. The molecule has 5 heteroatoms. The minimum absolute atomic E-state index is 0.0188. The first kappa shape index (κ1) is 18.0. The molecular weight excluding hydrogens is 326 g/mol. The van der Waals surface area contributed by atoms with E-state index in [0.717, 1.165) is 16.5 Å². The standard InChI is InChI=1S/C21H23N3O2/c1-21(2,3)18-9-4-14(13-22-18)5-10-19(25)23-16-8-6-15-7-11-20(26)24-17(15)12-16/h4,6-7,9,11-13H,5,8,10H2,1-3H3,(H,24,26). The highest BCUT2D eigenvalue weighted by atomic mass is 16.1. The number of aromatic amines is 1. The Kier molecular flexibility index (Phi) is 4.98. The smallest absolute Gasteiger partial charge is 0.248 e. The van der Waals surface area contributed by atoms with Crippen molar-refractivity contribution in [2.24, 2.45) is 4.99 Å². The van der Waals surface area contributed by atoms with Crippen LogP contribution in [0.1, 0.15) is 44.9 Å². The van der Waals surface area contributed by atoms with E-state index in [1.54, 1.807) is 12.1 Å². The Balaban J connectivity index is 1.66. The Morgan fingerprint density at radius 3 is 2.73 bits per heavy atom. The van der Waals surface area contributed by atoms with Crippen molar-refractivity contribution in [3.05, 3.63) is 62.6 Å². The molecule has 0 bridgehead atoms. The summed E-state index contributed by atoms with van der Waals surface area (Å²) in [4.78, 5) is 35.0. The monoisotopic (exact) mass is 349 g/mol. The minimum atomic E-state index is -0.161. The van der Waals surface area contributed by atoms with E-state index in [1.165, 1.54) is 6.07 Å². The molecule has 5 nitrogen and oxygen atoms in total. The average molecular weight is 349 g/mol. The normalized spacial score (nSPS) is 15.1. The van der Waals surface area contributed by atoms with Crippen LogP contribution in [-0.2, 0) is 16.6 Å². The summed E-state index contributed by atoms with van der Waals surface area (Å²) >= 11 is 0.